The Morgan fingerprint density at radius 1 is 0.833 bits per heavy atom. The van der Waals surface area contributed by atoms with E-state index < -0.39 is 14.6 Å². The molecule has 0 bridgehead atoms. The van der Waals surface area contributed by atoms with E-state index in [2.05, 4.69) is 70.3 Å². The Bertz CT molecular complexity index is 1240. The van der Waals surface area contributed by atoms with Crippen molar-refractivity contribution in [2.75, 3.05) is 13.2 Å². The molecule has 0 spiro atoms. The molecule has 1 aliphatic heterocycles. The van der Waals surface area contributed by atoms with Gasteiger partial charge in [0.15, 0.2) is 0 Å². The molecule has 0 saturated carbocycles. The van der Waals surface area contributed by atoms with E-state index in [0.717, 1.165) is 5.56 Å². The van der Waals surface area contributed by atoms with Gasteiger partial charge in [-0.25, -0.2) is 0 Å². The second-order valence-corrected chi connectivity index (χ2v) is 19.5. The molecule has 1 aliphatic rings. The third-order valence-corrected chi connectivity index (χ3v) is 15.1. The molecule has 0 amide bonds. The Morgan fingerprint density at radius 2 is 1.43 bits per heavy atom. The van der Waals surface area contributed by atoms with Gasteiger partial charge in [-0.2, -0.15) is 0 Å². The zero-order valence-electron chi connectivity index (χ0n) is 25.5. The fourth-order valence-electron chi connectivity index (χ4n) is 4.48. The first kappa shape index (κ1) is 32.6. The second-order valence-electron chi connectivity index (χ2n) is 12.1. The molecule has 0 radical (unpaired) electrons. The molecule has 42 heavy (non-hydrogen) atoms. The fourth-order valence-corrected chi connectivity index (χ4v) is 8.46. The average Bonchev–Trinajstić information content (AvgIpc) is 2.97. The van der Waals surface area contributed by atoms with Crippen LogP contribution in [0.3, 0.4) is 0 Å². The first-order valence-corrected chi connectivity index (χ1v) is 19.3. The van der Waals surface area contributed by atoms with Gasteiger partial charge in [-0.05, 0) is 0 Å². The van der Waals surface area contributed by atoms with E-state index in [0.29, 0.717) is 12.2 Å². The van der Waals surface area contributed by atoms with Crippen molar-refractivity contribution in [2.24, 2.45) is 0 Å². The summed E-state index contributed by atoms with van der Waals surface area (Å²) >= 11 is -0.0385. The minimum absolute atomic E-state index is 0.0345. The number of carbonyl (C=O) groups excluding carboxylic acids is 1. The van der Waals surface area contributed by atoms with Crippen molar-refractivity contribution in [1.82, 2.24) is 0 Å². The van der Waals surface area contributed by atoms with Crippen LogP contribution >= 0.6 is 0 Å². The summed E-state index contributed by atoms with van der Waals surface area (Å²) in [6, 6.07) is 29.7. The molecule has 1 saturated heterocycles. The quantitative estimate of drug-likeness (QED) is 0.128. The van der Waals surface area contributed by atoms with Gasteiger partial charge in [0.2, 0.25) is 0 Å². The SMILES string of the molecule is C[C@H]1O[C@H](OCCOC(=O)c2ccccc2)[C@@H]([Se]c2ccccc2)[C@@H](OCc2ccccc2)[C@@H]1O[Si](C)(C)C(C)(C)C. The molecule has 4 rings (SSSR count). The summed E-state index contributed by atoms with van der Waals surface area (Å²) in [4.78, 5) is 12.4. The molecule has 5 atom stereocenters. The van der Waals surface area contributed by atoms with Gasteiger partial charge >= 0.3 is 259 Å². The Balaban J connectivity index is 1.56. The van der Waals surface area contributed by atoms with Gasteiger partial charge in [0.05, 0.1) is 0 Å². The van der Waals surface area contributed by atoms with Gasteiger partial charge in [0, 0.05) is 0 Å². The first-order valence-electron chi connectivity index (χ1n) is 14.6. The van der Waals surface area contributed by atoms with Crippen LogP contribution in [0.4, 0.5) is 0 Å². The summed E-state index contributed by atoms with van der Waals surface area (Å²) in [6.07, 6.45) is -1.28. The van der Waals surface area contributed by atoms with Crippen molar-refractivity contribution < 1.29 is 28.2 Å². The normalized spacial score (nSPS) is 23.0. The van der Waals surface area contributed by atoms with Gasteiger partial charge in [-0.3, -0.25) is 0 Å². The standard InChI is InChI=1S/C34H44O6SeSi/c1-25-29(40-42(5,6)34(2,3)4)30(38-24-26-16-10-7-11-17-26)31(41-28-20-14-9-15-21-28)33(39-25)37-23-22-36-32(35)27-18-12-8-13-19-27/h7-21,25,29-31,33H,22-24H2,1-6H3/t25-,29-,30+,31+,33+/m1/s1. The molecule has 0 aromatic heterocycles. The molecule has 3 aromatic rings. The number of rotatable bonds is 12. The van der Waals surface area contributed by atoms with Crippen molar-refractivity contribution in [3.8, 4) is 0 Å². The predicted octanol–water partition coefficient (Wildman–Crippen LogP) is 6.40. The van der Waals surface area contributed by atoms with Crippen LogP contribution in [0.5, 0.6) is 0 Å². The van der Waals surface area contributed by atoms with E-state index in [1.807, 2.05) is 49.4 Å². The number of carbonyl (C=O) groups is 1. The van der Waals surface area contributed by atoms with E-state index in [1.165, 1.54) is 4.46 Å². The Labute approximate surface area is 258 Å². The second kappa shape index (κ2) is 14.9. The van der Waals surface area contributed by atoms with Gasteiger partial charge < -0.3 is 0 Å². The van der Waals surface area contributed by atoms with Crippen molar-refractivity contribution >= 4 is 33.7 Å². The number of hydrogen-bond donors (Lipinski definition) is 0. The van der Waals surface area contributed by atoms with Crippen LogP contribution in [0.1, 0.15) is 43.6 Å². The van der Waals surface area contributed by atoms with E-state index in [4.69, 9.17) is 23.4 Å². The summed E-state index contributed by atoms with van der Waals surface area (Å²) in [6.45, 7) is 14.2. The van der Waals surface area contributed by atoms with Crippen molar-refractivity contribution in [3.63, 3.8) is 0 Å². The number of hydrogen-bond acceptors (Lipinski definition) is 6. The Hall–Kier alpha value is -2.29. The molecule has 6 nitrogen and oxygen atoms in total. The van der Waals surface area contributed by atoms with Crippen LogP contribution in [-0.4, -0.2) is 67.1 Å². The number of ether oxygens (including phenoxy) is 4. The average molecular weight is 656 g/mol. The van der Waals surface area contributed by atoms with E-state index in [1.54, 1.807) is 12.1 Å². The van der Waals surface area contributed by atoms with Crippen LogP contribution < -0.4 is 4.46 Å². The molecular formula is C34H44O6SeSi. The van der Waals surface area contributed by atoms with E-state index in [9.17, 15) is 4.79 Å². The van der Waals surface area contributed by atoms with Gasteiger partial charge in [-0.1, -0.05) is 0 Å². The molecule has 0 aliphatic carbocycles. The fraction of sp³-hybridized carbons (Fsp3) is 0.441. The summed E-state index contributed by atoms with van der Waals surface area (Å²) in [5.74, 6) is -0.367. The zero-order chi connectivity index (χ0) is 30.2. The molecule has 8 heteroatoms. The summed E-state index contributed by atoms with van der Waals surface area (Å²) in [7, 11) is -2.16. The van der Waals surface area contributed by atoms with Gasteiger partial charge in [0.1, 0.15) is 0 Å². The maximum atomic E-state index is 12.4. The van der Waals surface area contributed by atoms with Crippen molar-refractivity contribution in [1.29, 1.82) is 0 Å². The molecule has 0 N–H and O–H groups in total. The van der Waals surface area contributed by atoms with Crippen LogP contribution in [0, 0.1) is 0 Å². The molecule has 1 heterocycles. The molecule has 3 aromatic carbocycles. The van der Waals surface area contributed by atoms with Crippen LogP contribution in [-0.2, 0) is 30.0 Å². The Morgan fingerprint density at radius 3 is 2.05 bits per heavy atom. The van der Waals surface area contributed by atoms with Crippen LogP contribution in [0.2, 0.25) is 22.9 Å². The summed E-state index contributed by atoms with van der Waals surface area (Å²) in [5.41, 5.74) is 1.63. The topological polar surface area (TPSA) is 63.2 Å². The van der Waals surface area contributed by atoms with Crippen molar-refractivity contribution in [2.45, 2.75) is 81.9 Å². The third kappa shape index (κ3) is 8.86. The van der Waals surface area contributed by atoms with Gasteiger partial charge in [0.25, 0.3) is 0 Å². The monoisotopic (exact) mass is 656 g/mol. The van der Waals surface area contributed by atoms with Crippen LogP contribution in [0.25, 0.3) is 0 Å². The third-order valence-electron chi connectivity index (χ3n) is 7.87. The molecule has 1 fully saturated rings. The zero-order valence-corrected chi connectivity index (χ0v) is 28.2. The van der Waals surface area contributed by atoms with Crippen molar-refractivity contribution in [3.05, 3.63) is 102 Å². The molecule has 226 valence electrons. The maximum absolute atomic E-state index is 12.4. The predicted molar refractivity (Wildman–Crippen MR) is 170 cm³/mol. The van der Waals surface area contributed by atoms with Gasteiger partial charge in [-0.15, -0.1) is 0 Å². The van der Waals surface area contributed by atoms with Crippen LogP contribution in [0.15, 0.2) is 91.0 Å². The number of esters is 1. The molecular weight excluding hydrogens is 611 g/mol. The number of benzene rings is 3. The summed E-state index contributed by atoms with van der Waals surface area (Å²) in [5, 5.41) is 0.0345. The van der Waals surface area contributed by atoms with E-state index >= 15 is 0 Å². The molecule has 0 unspecified atom stereocenters. The minimum atomic E-state index is -2.16. The van der Waals surface area contributed by atoms with E-state index in [-0.39, 0.29) is 62.3 Å². The summed E-state index contributed by atoms with van der Waals surface area (Å²) < 4.78 is 33.5. The first-order chi connectivity index (χ1) is 20.0. The Kier molecular flexibility index (Phi) is 11.6.